The summed E-state index contributed by atoms with van der Waals surface area (Å²) < 4.78 is 11.1. The van der Waals surface area contributed by atoms with Gasteiger partial charge in [-0.15, -0.1) is 0 Å². The fourth-order valence-corrected chi connectivity index (χ4v) is 3.95. The summed E-state index contributed by atoms with van der Waals surface area (Å²) in [4.78, 5) is 30.6. The van der Waals surface area contributed by atoms with Gasteiger partial charge in [-0.25, -0.2) is 4.57 Å². The maximum absolute atomic E-state index is 12.3. The number of carbonyl (C=O) groups is 1. The average Bonchev–Trinajstić information content (AvgIpc) is 2.45. The average molecular weight is 354 g/mol. The molecule has 6 nitrogen and oxygen atoms in total. The zero-order valence-electron chi connectivity index (χ0n) is 11.9. The van der Waals surface area contributed by atoms with E-state index in [1.54, 1.807) is 18.2 Å². The van der Waals surface area contributed by atoms with Crippen molar-refractivity contribution in [2.24, 2.45) is 0 Å². The molecule has 0 unspecified atom stereocenters. The summed E-state index contributed by atoms with van der Waals surface area (Å²) in [5, 5.41) is 18.9. The molecule has 122 valence electrons. The van der Waals surface area contributed by atoms with Gasteiger partial charge in [0.05, 0.1) is 0 Å². The van der Waals surface area contributed by atoms with Crippen LogP contribution in [0.25, 0.3) is 0 Å². The number of Topliss-reactive ketones (excluding diaryl/α,β-unsaturated/α-hetero) is 1. The Bertz CT molecular complexity index is 770. The van der Waals surface area contributed by atoms with Crippen LogP contribution in [-0.4, -0.2) is 25.8 Å². The van der Waals surface area contributed by atoms with Crippen LogP contribution in [0.1, 0.15) is 22.3 Å². The van der Waals surface area contributed by atoms with Crippen molar-refractivity contribution in [2.75, 3.05) is 0 Å². The molecule has 8 heteroatoms. The van der Waals surface area contributed by atoms with Gasteiger partial charge in [0.1, 0.15) is 11.5 Å². The van der Waals surface area contributed by atoms with E-state index < -0.39 is 6.80 Å². The molecule has 2 aromatic carbocycles. The van der Waals surface area contributed by atoms with Crippen LogP contribution in [0.5, 0.6) is 11.5 Å². The first-order valence-corrected chi connectivity index (χ1v) is 9.67. The summed E-state index contributed by atoms with van der Waals surface area (Å²) in [7, 11) is 0. The highest BCUT2D eigenvalue weighted by atomic mass is 32.7. The van der Waals surface area contributed by atoms with E-state index in [0.29, 0.717) is 6.42 Å². The van der Waals surface area contributed by atoms with Crippen LogP contribution in [-0.2, 0) is 11.0 Å². The number of aromatic hydroxyl groups is 2. The van der Waals surface area contributed by atoms with Gasteiger partial charge in [0, 0.05) is 16.9 Å². The van der Waals surface area contributed by atoms with Crippen LogP contribution in [0.4, 0.5) is 0 Å². The lowest BCUT2D eigenvalue weighted by Crippen LogP contribution is -2.03. The predicted octanol–water partition coefficient (Wildman–Crippen LogP) is 3.10. The lowest BCUT2D eigenvalue weighted by molar-refractivity contribution is 0.0979. The van der Waals surface area contributed by atoms with E-state index in [9.17, 15) is 19.6 Å². The first-order chi connectivity index (χ1) is 10.7. The maximum atomic E-state index is 12.3. The number of ketones is 1. The smallest absolute Gasteiger partial charge is 0.388 e. The molecule has 23 heavy (non-hydrogen) atoms. The molecule has 0 saturated carbocycles. The highest BCUT2D eigenvalue weighted by Gasteiger charge is 2.21. The highest BCUT2D eigenvalue weighted by Crippen LogP contribution is 2.55. The second-order valence-electron chi connectivity index (χ2n) is 4.86. The largest absolute Gasteiger partial charge is 0.508 e. The number of carbonyl (C=O) groups excluding carboxylic acids is 1. The second kappa shape index (κ2) is 7.19. The fraction of sp³-hybridized carbons (Fsp3) is 0.133. The number of benzene rings is 2. The third kappa shape index (κ3) is 5.41. The van der Waals surface area contributed by atoms with E-state index in [1.165, 1.54) is 24.3 Å². The van der Waals surface area contributed by atoms with Crippen molar-refractivity contribution in [1.82, 2.24) is 0 Å². The molecule has 2 rings (SSSR count). The molecule has 0 aliphatic carbocycles. The Morgan fingerprint density at radius 2 is 1.74 bits per heavy atom. The summed E-state index contributed by atoms with van der Waals surface area (Å²) in [6, 6.07) is 10.3. The van der Waals surface area contributed by atoms with Gasteiger partial charge in [0.2, 0.25) is 0 Å². The number of aryl methyl sites for hydroxylation is 1. The van der Waals surface area contributed by atoms with E-state index in [2.05, 4.69) is 0 Å². The molecule has 0 atom stereocenters. The van der Waals surface area contributed by atoms with Gasteiger partial charge in [0.25, 0.3) is 0 Å². The highest BCUT2D eigenvalue weighted by molar-refractivity contribution is 8.54. The molecule has 0 radical (unpaired) electrons. The van der Waals surface area contributed by atoms with Gasteiger partial charge in [-0.2, -0.15) is 0 Å². The molecule has 0 fully saturated rings. The Kier molecular flexibility index (Phi) is 5.49. The first kappa shape index (κ1) is 17.6. The number of hydrogen-bond acceptors (Lipinski definition) is 5. The van der Waals surface area contributed by atoms with Gasteiger partial charge in [-0.1, -0.05) is 12.1 Å². The summed E-state index contributed by atoms with van der Waals surface area (Å²) in [6.45, 7) is -4.40. The van der Waals surface area contributed by atoms with Crippen LogP contribution < -0.4 is 0 Å². The van der Waals surface area contributed by atoms with Crippen LogP contribution in [0.2, 0.25) is 0 Å². The SMILES string of the molecule is O=C(CCc1cccc(O)c1)c1cc(O)ccc1SP(=O)(O)O. The molecule has 0 aliphatic heterocycles. The Morgan fingerprint density at radius 1 is 1.04 bits per heavy atom. The van der Waals surface area contributed by atoms with Crippen LogP contribution >= 0.6 is 18.2 Å². The van der Waals surface area contributed by atoms with Gasteiger partial charge in [-0.05, 0) is 53.7 Å². The van der Waals surface area contributed by atoms with Gasteiger partial charge in [0.15, 0.2) is 5.78 Å². The van der Waals surface area contributed by atoms with Crippen molar-refractivity contribution in [2.45, 2.75) is 17.7 Å². The zero-order valence-corrected chi connectivity index (χ0v) is 13.6. The molecule has 0 bridgehead atoms. The molecule has 0 aromatic heterocycles. The van der Waals surface area contributed by atoms with Gasteiger partial charge in [-0.3, -0.25) is 4.79 Å². The molecular formula is C15H15O6PS. The third-order valence-electron chi connectivity index (χ3n) is 3.03. The second-order valence-corrected chi connectivity index (χ2v) is 8.43. The number of hydrogen-bond donors (Lipinski definition) is 4. The van der Waals surface area contributed by atoms with E-state index >= 15 is 0 Å². The Morgan fingerprint density at radius 3 is 2.39 bits per heavy atom. The quantitative estimate of drug-likeness (QED) is 0.465. The minimum Gasteiger partial charge on any atom is -0.508 e. The monoisotopic (exact) mass is 354 g/mol. The lowest BCUT2D eigenvalue weighted by atomic mass is 10.0. The molecule has 0 heterocycles. The zero-order chi connectivity index (χ0) is 17.0. The minimum atomic E-state index is -4.40. The van der Waals surface area contributed by atoms with Gasteiger partial charge >= 0.3 is 6.80 Å². The van der Waals surface area contributed by atoms with Crippen LogP contribution in [0, 0.1) is 0 Å². The number of phenolic OH excluding ortho intramolecular Hbond substituents is 2. The van der Waals surface area contributed by atoms with E-state index in [-0.39, 0.29) is 45.5 Å². The lowest BCUT2D eigenvalue weighted by Gasteiger charge is -2.10. The van der Waals surface area contributed by atoms with Crippen LogP contribution in [0.3, 0.4) is 0 Å². The predicted molar refractivity (Wildman–Crippen MR) is 86.8 cm³/mol. The summed E-state index contributed by atoms with van der Waals surface area (Å²) >= 11 is 0.283. The van der Waals surface area contributed by atoms with E-state index in [4.69, 9.17) is 9.79 Å². The molecule has 0 aliphatic rings. The van der Waals surface area contributed by atoms with Crippen LogP contribution in [0.15, 0.2) is 47.4 Å². The summed E-state index contributed by atoms with van der Waals surface area (Å²) in [5.41, 5.74) is 0.834. The number of rotatable bonds is 6. The molecule has 0 saturated heterocycles. The van der Waals surface area contributed by atoms with Crippen molar-refractivity contribution >= 4 is 24.0 Å². The Balaban J connectivity index is 2.18. The fourth-order valence-electron chi connectivity index (χ4n) is 2.05. The minimum absolute atomic E-state index is 0.0680. The van der Waals surface area contributed by atoms with Crippen molar-refractivity contribution in [3.05, 3.63) is 53.6 Å². The molecule has 4 N–H and O–H groups in total. The van der Waals surface area contributed by atoms with Crippen molar-refractivity contribution in [3.8, 4) is 11.5 Å². The molecular weight excluding hydrogens is 339 g/mol. The topological polar surface area (TPSA) is 115 Å². The molecule has 0 amide bonds. The standard InChI is InChI=1S/C15H15O6PS/c16-11-3-1-2-10(8-11)4-6-14(18)13-9-12(17)5-7-15(13)23-22(19,20)21/h1-3,5,7-9,16-17H,4,6H2,(H2,19,20,21). The Labute approximate surface area is 136 Å². The Hall–Kier alpha value is -1.79. The summed E-state index contributed by atoms with van der Waals surface area (Å²) in [5.74, 6) is -0.397. The van der Waals surface area contributed by atoms with Crippen molar-refractivity contribution in [3.63, 3.8) is 0 Å². The van der Waals surface area contributed by atoms with Gasteiger partial charge < -0.3 is 20.0 Å². The van der Waals surface area contributed by atoms with Crippen molar-refractivity contribution < 1.29 is 29.4 Å². The number of phenols is 2. The third-order valence-corrected chi connectivity index (χ3v) is 5.13. The van der Waals surface area contributed by atoms with Crippen molar-refractivity contribution in [1.29, 1.82) is 0 Å². The molecule has 2 aromatic rings. The first-order valence-electron chi connectivity index (χ1n) is 6.64. The normalized spacial score (nSPS) is 11.4. The van der Waals surface area contributed by atoms with E-state index in [0.717, 1.165) is 5.56 Å². The molecule has 0 spiro atoms. The van der Waals surface area contributed by atoms with E-state index in [1.807, 2.05) is 0 Å². The summed E-state index contributed by atoms with van der Waals surface area (Å²) in [6.07, 6.45) is 0.449. The maximum Gasteiger partial charge on any atom is 0.388 e.